The largest absolute Gasteiger partial charge is 0.351 e. The van der Waals surface area contributed by atoms with Crippen LogP contribution in [-0.4, -0.2) is 50.1 Å². The third-order valence-corrected chi connectivity index (χ3v) is 5.68. The van der Waals surface area contributed by atoms with Gasteiger partial charge in [0.1, 0.15) is 5.82 Å². The second-order valence-corrected chi connectivity index (χ2v) is 7.38. The van der Waals surface area contributed by atoms with Crippen LogP contribution < -0.4 is 10.6 Å². The van der Waals surface area contributed by atoms with Crippen molar-refractivity contribution in [3.8, 4) is 10.4 Å². The normalized spacial score (nSPS) is 14.7. The topological polar surface area (TPSA) is 44.4 Å². The monoisotopic (exact) mass is 397 g/mol. The molecule has 1 aliphatic rings. The van der Waals surface area contributed by atoms with Crippen molar-refractivity contribution in [2.45, 2.75) is 13.3 Å². The maximum atomic E-state index is 13.1. The molecular weight excluding hydrogens is 373 g/mol. The fourth-order valence-electron chi connectivity index (χ4n) is 3.01. The summed E-state index contributed by atoms with van der Waals surface area (Å²) in [4.78, 5) is 16.5. The fourth-order valence-corrected chi connectivity index (χ4v) is 4.10. The highest BCUT2D eigenvalue weighted by Crippen LogP contribution is 2.32. The van der Waals surface area contributed by atoms with Crippen molar-refractivity contribution in [2.75, 3.05) is 39.3 Å². The Bertz CT molecular complexity index is 714. The Morgan fingerprint density at radius 2 is 1.96 bits per heavy atom. The van der Waals surface area contributed by atoms with Crippen molar-refractivity contribution in [3.63, 3.8) is 0 Å². The van der Waals surface area contributed by atoms with Crippen LogP contribution in [0.1, 0.15) is 21.7 Å². The highest BCUT2D eigenvalue weighted by molar-refractivity contribution is 7.17. The Kier molecular flexibility index (Phi) is 8.03. The van der Waals surface area contributed by atoms with Gasteiger partial charge >= 0.3 is 0 Å². The van der Waals surface area contributed by atoms with Crippen LogP contribution in [0.4, 0.5) is 4.39 Å². The lowest BCUT2D eigenvalue weighted by atomic mass is 10.1. The van der Waals surface area contributed by atoms with Crippen molar-refractivity contribution >= 4 is 29.7 Å². The third-order valence-electron chi connectivity index (χ3n) is 4.39. The van der Waals surface area contributed by atoms with Gasteiger partial charge in [-0.2, -0.15) is 0 Å². The number of thiophene rings is 1. The van der Waals surface area contributed by atoms with Crippen LogP contribution in [0.2, 0.25) is 0 Å². The fraction of sp³-hybridized carbons (Fsp3) is 0.421. The van der Waals surface area contributed by atoms with Crippen molar-refractivity contribution in [3.05, 3.63) is 46.6 Å². The average molecular weight is 398 g/mol. The molecule has 142 valence electrons. The predicted molar refractivity (Wildman–Crippen MR) is 108 cm³/mol. The van der Waals surface area contributed by atoms with Gasteiger partial charge in [0.2, 0.25) is 0 Å². The maximum absolute atomic E-state index is 13.1. The quantitative estimate of drug-likeness (QED) is 0.735. The van der Waals surface area contributed by atoms with Crippen LogP contribution in [0, 0.1) is 12.7 Å². The number of hydrogen-bond acceptors (Lipinski definition) is 4. The first-order chi connectivity index (χ1) is 12.1. The van der Waals surface area contributed by atoms with Gasteiger partial charge in [-0.15, -0.1) is 23.7 Å². The van der Waals surface area contributed by atoms with Crippen LogP contribution in [0.15, 0.2) is 30.3 Å². The van der Waals surface area contributed by atoms with E-state index in [4.69, 9.17) is 0 Å². The number of halogens is 2. The number of carbonyl (C=O) groups excluding carboxylic acids is 1. The number of hydrogen-bond donors (Lipinski definition) is 2. The minimum atomic E-state index is -0.250. The lowest BCUT2D eigenvalue weighted by Crippen LogP contribution is -2.44. The summed E-state index contributed by atoms with van der Waals surface area (Å²) in [5, 5.41) is 6.35. The van der Waals surface area contributed by atoms with E-state index in [2.05, 4.69) is 15.5 Å². The van der Waals surface area contributed by atoms with Crippen LogP contribution in [0.25, 0.3) is 10.4 Å². The van der Waals surface area contributed by atoms with Gasteiger partial charge in [0.15, 0.2) is 0 Å². The van der Waals surface area contributed by atoms with E-state index in [1.165, 1.54) is 23.5 Å². The smallest absolute Gasteiger partial charge is 0.261 e. The SMILES string of the molecule is Cc1cc(C(=O)NCCCN2CCNCC2)sc1-c1ccc(F)cc1.Cl. The van der Waals surface area contributed by atoms with Crippen molar-refractivity contribution < 1.29 is 9.18 Å². The van der Waals surface area contributed by atoms with Gasteiger partial charge in [-0.05, 0) is 49.2 Å². The molecule has 2 aromatic rings. The molecule has 1 aliphatic heterocycles. The molecule has 1 aromatic carbocycles. The number of nitrogens with zero attached hydrogens (tertiary/aromatic N) is 1. The van der Waals surface area contributed by atoms with Gasteiger partial charge in [-0.1, -0.05) is 12.1 Å². The highest BCUT2D eigenvalue weighted by Gasteiger charge is 2.14. The summed E-state index contributed by atoms with van der Waals surface area (Å²) in [5.41, 5.74) is 1.99. The van der Waals surface area contributed by atoms with E-state index in [1.807, 2.05) is 13.0 Å². The first kappa shape index (κ1) is 20.8. The number of nitrogens with one attached hydrogen (secondary N) is 2. The summed E-state index contributed by atoms with van der Waals surface area (Å²) < 4.78 is 13.1. The molecule has 0 radical (unpaired) electrons. The second-order valence-electron chi connectivity index (χ2n) is 6.33. The van der Waals surface area contributed by atoms with Crippen molar-refractivity contribution in [1.29, 1.82) is 0 Å². The molecule has 0 aliphatic carbocycles. The number of carbonyl (C=O) groups is 1. The molecule has 7 heteroatoms. The molecule has 1 fully saturated rings. The summed E-state index contributed by atoms with van der Waals surface area (Å²) in [6.07, 6.45) is 0.959. The number of amides is 1. The van der Waals surface area contributed by atoms with Gasteiger partial charge in [0.05, 0.1) is 4.88 Å². The van der Waals surface area contributed by atoms with Crippen LogP contribution in [0.5, 0.6) is 0 Å². The van der Waals surface area contributed by atoms with Gasteiger partial charge in [0.25, 0.3) is 5.91 Å². The molecule has 0 saturated carbocycles. The zero-order valence-corrected chi connectivity index (χ0v) is 16.5. The molecule has 1 aromatic heterocycles. The van der Waals surface area contributed by atoms with Gasteiger partial charge in [-0.3, -0.25) is 4.79 Å². The number of aryl methyl sites for hydroxylation is 1. The van der Waals surface area contributed by atoms with E-state index in [0.717, 1.165) is 55.1 Å². The molecule has 1 saturated heterocycles. The van der Waals surface area contributed by atoms with Crippen molar-refractivity contribution in [1.82, 2.24) is 15.5 Å². The lowest BCUT2D eigenvalue weighted by molar-refractivity contribution is 0.0955. The Hall–Kier alpha value is -1.47. The zero-order valence-electron chi connectivity index (χ0n) is 14.9. The molecule has 4 nitrogen and oxygen atoms in total. The van der Waals surface area contributed by atoms with Crippen LogP contribution >= 0.6 is 23.7 Å². The maximum Gasteiger partial charge on any atom is 0.261 e. The molecule has 0 atom stereocenters. The summed E-state index contributed by atoms with van der Waals surface area (Å²) in [7, 11) is 0. The number of rotatable bonds is 6. The highest BCUT2D eigenvalue weighted by atomic mass is 35.5. The third kappa shape index (κ3) is 5.51. The molecule has 0 spiro atoms. The Labute approximate surface area is 164 Å². The first-order valence-corrected chi connectivity index (χ1v) is 9.53. The Balaban J connectivity index is 0.00000243. The van der Waals surface area contributed by atoms with E-state index in [9.17, 15) is 9.18 Å². The van der Waals surface area contributed by atoms with E-state index in [1.54, 1.807) is 12.1 Å². The van der Waals surface area contributed by atoms with E-state index in [0.29, 0.717) is 11.4 Å². The van der Waals surface area contributed by atoms with Gasteiger partial charge in [-0.25, -0.2) is 4.39 Å². The summed E-state index contributed by atoms with van der Waals surface area (Å²) >= 11 is 1.46. The molecule has 2 heterocycles. The average Bonchev–Trinajstić information content (AvgIpc) is 3.02. The van der Waals surface area contributed by atoms with Crippen molar-refractivity contribution in [2.24, 2.45) is 0 Å². The predicted octanol–water partition coefficient (Wildman–Crippen LogP) is 3.31. The molecule has 26 heavy (non-hydrogen) atoms. The summed E-state index contributed by atoms with van der Waals surface area (Å²) in [6.45, 7) is 7.95. The standard InChI is InChI=1S/C19H24FN3OS.ClH/c1-14-13-17(25-18(14)15-3-5-16(20)6-4-15)19(24)22-7-2-10-23-11-8-21-9-12-23;/h3-6,13,21H,2,7-12H2,1H3,(H,22,24);1H. The van der Waals surface area contributed by atoms with E-state index >= 15 is 0 Å². The van der Waals surface area contributed by atoms with Gasteiger partial charge in [0, 0.05) is 37.6 Å². The Morgan fingerprint density at radius 1 is 1.27 bits per heavy atom. The molecule has 1 amide bonds. The first-order valence-electron chi connectivity index (χ1n) is 8.71. The summed E-state index contributed by atoms with van der Waals surface area (Å²) in [5.74, 6) is -0.276. The Morgan fingerprint density at radius 3 is 2.65 bits per heavy atom. The number of piperazine rings is 1. The van der Waals surface area contributed by atoms with E-state index in [-0.39, 0.29) is 24.1 Å². The lowest BCUT2D eigenvalue weighted by Gasteiger charge is -2.27. The second kappa shape index (κ2) is 10.0. The van der Waals surface area contributed by atoms with Crippen LogP contribution in [0.3, 0.4) is 0 Å². The van der Waals surface area contributed by atoms with Crippen LogP contribution in [-0.2, 0) is 0 Å². The molecular formula is C19H25ClFN3OS. The molecule has 3 rings (SSSR count). The molecule has 0 bridgehead atoms. The minimum absolute atomic E-state index is 0. The number of benzene rings is 1. The van der Waals surface area contributed by atoms with Gasteiger partial charge < -0.3 is 15.5 Å². The molecule has 2 N–H and O–H groups in total. The molecule has 0 unspecified atom stereocenters. The zero-order chi connectivity index (χ0) is 17.6. The van der Waals surface area contributed by atoms with E-state index < -0.39 is 0 Å². The minimum Gasteiger partial charge on any atom is -0.351 e. The summed E-state index contributed by atoms with van der Waals surface area (Å²) in [6, 6.07) is 8.32.